The second kappa shape index (κ2) is 4.97. The van der Waals surface area contributed by atoms with Crippen molar-refractivity contribution in [1.82, 2.24) is 15.3 Å². The predicted molar refractivity (Wildman–Crippen MR) is 58.8 cm³/mol. The first kappa shape index (κ1) is 11.0. The van der Waals surface area contributed by atoms with Crippen LogP contribution in [0.15, 0.2) is 12.5 Å². The average Bonchev–Trinajstić information content (AvgIpc) is 2.20. The Morgan fingerprint density at radius 3 is 2.71 bits per heavy atom. The lowest BCUT2D eigenvalue weighted by atomic mass is 10.3. The number of nitrogens with zero attached hydrogens (tertiary/aromatic N) is 3. The summed E-state index contributed by atoms with van der Waals surface area (Å²) in [5.74, 6) is 0.858. The second-order valence-electron chi connectivity index (χ2n) is 3.04. The van der Waals surface area contributed by atoms with Crippen LogP contribution < -0.4 is 16.0 Å². The number of rotatable bonds is 1. The lowest BCUT2D eigenvalue weighted by molar-refractivity contribution is 0.585. The molecule has 0 unspecified atom stereocenters. The van der Waals surface area contributed by atoms with Crippen LogP contribution in [0.2, 0.25) is 0 Å². The lowest BCUT2D eigenvalue weighted by Crippen LogP contribution is -2.44. The number of nitrogen functional groups attached to an aromatic ring is 1. The first-order valence-electron chi connectivity index (χ1n) is 4.39. The Labute approximate surface area is 89.1 Å². The zero-order chi connectivity index (χ0) is 9.10. The van der Waals surface area contributed by atoms with Crippen molar-refractivity contribution >= 4 is 23.9 Å². The first-order chi connectivity index (χ1) is 6.38. The minimum absolute atomic E-state index is 0. The highest BCUT2D eigenvalue weighted by Gasteiger charge is 2.13. The molecule has 0 saturated carbocycles. The van der Waals surface area contributed by atoms with Crippen molar-refractivity contribution in [2.45, 2.75) is 0 Å². The van der Waals surface area contributed by atoms with Gasteiger partial charge in [-0.2, -0.15) is 0 Å². The lowest BCUT2D eigenvalue weighted by Gasteiger charge is -2.28. The highest BCUT2D eigenvalue weighted by atomic mass is 35.5. The number of hydrogen-bond acceptors (Lipinski definition) is 5. The second-order valence-corrected chi connectivity index (χ2v) is 3.04. The van der Waals surface area contributed by atoms with Crippen molar-refractivity contribution in [2.24, 2.45) is 0 Å². The molecule has 0 aromatic carbocycles. The molecule has 5 nitrogen and oxygen atoms in total. The Bertz CT molecular complexity index is 287. The molecule has 1 aromatic rings. The summed E-state index contributed by atoms with van der Waals surface area (Å²) in [5, 5.41) is 3.28. The van der Waals surface area contributed by atoms with E-state index in [9.17, 15) is 0 Å². The van der Waals surface area contributed by atoms with Crippen molar-refractivity contribution in [3.8, 4) is 0 Å². The highest BCUT2D eigenvalue weighted by Crippen LogP contribution is 2.17. The topological polar surface area (TPSA) is 67.1 Å². The molecule has 14 heavy (non-hydrogen) atoms. The molecule has 0 bridgehead atoms. The van der Waals surface area contributed by atoms with Gasteiger partial charge in [0, 0.05) is 26.2 Å². The Hall–Kier alpha value is -1.07. The van der Waals surface area contributed by atoms with Gasteiger partial charge in [-0.3, -0.25) is 0 Å². The van der Waals surface area contributed by atoms with E-state index in [1.165, 1.54) is 6.33 Å². The zero-order valence-electron chi connectivity index (χ0n) is 7.81. The zero-order valence-corrected chi connectivity index (χ0v) is 8.63. The van der Waals surface area contributed by atoms with Gasteiger partial charge in [0.05, 0.1) is 11.9 Å². The molecule has 0 aliphatic carbocycles. The van der Waals surface area contributed by atoms with Crippen LogP contribution in [0.5, 0.6) is 0 Å². The molecule has 0 amide bonds. The van der Waals surface area contributed by atoms with Gasteiger partial charge < -0.3 is 16.0 Å². The van der Waals surface area contributed by atoms with Crippen LogP contribution in [0.1, 0.15) is 0 Å². The fourth-order valence-corrected chi connectivity index (χ4v) is 1.47. The van der Waals surface area contributed by atoms with E-state index >= 15 is 0 Å². The third-order valence-corrected chi connectivity index (χ3v) is 2.14. The summed E-state index contributed by atoms with van der Waals surface area (Å²) < 4.78 is 0. The van der Waals surface area contributed by atoms with Crippen molar-refractivity contribution in [2.75, 3.05) is 36.8 Å². The van der Waals surface area contributed by atoms with Crippen molar-refractivity contribution in [3.63, 3.8) is 0 Å². The number of aromatic nitrogens is 2. The van der Waals surface area contributed by atoms with Crippen molar-refractivity contribution in [1.29, 1.82) is 0 Å². The Balaban J connectivity index is 0.000000980. The van der Waals surface area contributed by atoms with E-state index < -0.39 is 0 Å². The predicted octanol–water partition coefficient (Wildman–Crippen LogP) is -0.110. The molecule has 6 heteroatoms. The van der Waals surface area contributed by atoms with Gasteiger partial charge in [0.2, 0.25) is 0 Å². The molecule has 78 valence electrons. The van der Waals surface area contributed by atoms with Crippen LogP contribution >= 0.6 is 12.4 Å². The van der Waals surface area contributed by atoms with Crippen molar-refractivity contribution < 1.29 is 0 Å². The van der Waals surface area contributed by atoms with E-state index in [-0.39, 0.29) is 12.4 Å². The number of halogens is 1. The molecule has 1 aliphatic heterocycles. The normalized spacial score (nSPS) is 16.1. The molecular formula is C8H14ClN5. The molecule has 3 N–H and O–H groups in total. The van der Waals surface area contributed by atoms with Gasteiger partial charge in [-0.1, -0.05) is 0 Å². The SMILES string of the molecule is Cl.Nc1cncnc1N1CCNCC1. The van der Waals surface area contributed by atoms with Gasteiger partial charge in [0.1, 0.15) is 6.33 Å². The summed E-state index contributed by atoms with van der Waals surface area (Å²) in [7, 11) is 0. The van der Waals surface area contributed by atoms with Crippen LogP contribution in [-0.4, -0.2) is 36.1 Å². The van der Waals surface area contributed by atoms with E-state index in [1.54, 1.807) is 6.20 Å². The van der Waals surface area contributed by atoms with Crippen LogP contribution in [0.25, 0.3) is 0 Å². The van der Waals surface area contributed by atoms with Gasteiger partial charge in [0.15, 0.2) is 5.82 Å². The number of nitrogens with one attached hydrogen (secondary N) is 1. The molecule has 2 rings (SSSR count). The van der Waals surface area contributed by atoms with Gasteiger partial charge in [-0.15, -0.1) is 12.4 Å². The summed E-state index contributed by atoms with van der Waals surface area (Å²) in [4.78, 5) is 10.2. The minimum Gasteiger partial charge on any atom is -0.394 e. The summed E-state index contributed by atoms with van der Waals surface area (Å²) in [6, 6.07) is 0. The highest BCUT2D eigenvalue weighted by molar-refractivity contribution is 5.85. The number of hydrogen-bond donors (Lipinski definition) is 2. The van der Waals surface area contributed by atoms with E-state index in [0.717, 1.165) is 32.0 Å². The smallest absolute Gasteiger partial charge is 0.155 e. The van der Waals surface area contributed by atoms with Crippen molar-refractivity contribution in [3.05, 3.63) is 12.5 Å². The van der Waals surface area contributed by atoms with Gasteiger partial charge in [0.25, 0.3) is 0 Å². The third kappa shape index (κ3) is 2.24. The fourth-order valence-electron chi connectivity index (χ4n) is 1.47. The van der Waals surface area contributed by atoms with E-state index in [1.807, 2.05) is 0 Å². The van der Waals surface area contributed by atoms with Crippen LogP contribution in [0, 0.1) is 0 Å². The molecular weight excluding hydrogens is 202 g/mol. The van der Waals surface area contributed by atoms with Gasteiger partial charge in [-0.05, 0) is 0 Å². The molecule has 1 saturated heterocycles. The minimum atomic E-state index is 0. The van der Waals surface area contributed by atoms with E-state index in [4.69, 9.17) is 5.73 Å². The largest absolute Gasteiger partial charge is 0.394 e. The maximum atomic E-state index is 5.76. The maximum Gasteiger partial charge on any atom is 0.155 e. The van der Waals surface area contributed by atoms with Gasteiger partial charge in [-0.25, -0.2) is 9.97 Å². The fraction of sp³-hybridized carbons (Fsp3) is 0.500. The maximum absolute atomic E-state index is 5.76. The van der Waals surface area contributed by atoms with E-state index in [2.05, 4.69) is 20.2 Å². The first-order valence-corrected chi connectivity index (χ1v) is 4.39. The van der Waals surface area contributed by atoms with Crippen LogP contribution in [0.3, 0.4) is 0 Å². The average molecular weight is 216 g/mol. The number of nitrogens with two attached hydrogens (primary N) is 1. The molecule has 0 spiro atoms. The molecule has 0 radical (unpaired) electrons. The standard InChI is InChI=1S/C8H13N5.ClH/c9-7-5-11-6-12-8(7)13-3-1-10-2-4-13;/h5-6,10H,1-4,9H2;1H. The summed E-state index contributed by atoms with van der Waals surface area (Å²) in [6.45, 7) is 3.90. The third-order valence-electron chi connectivity index (χ3n) is 2.14. The quantitative estimate of drug-likeness (QED) is 0.685. The Morgan fingerprint density at radius 1 is 1.36 bits per heavy atom. The molecule has 0 atom stereocenters. The van der Waals surface area contributed by atoms with E-state index in [0.29, 0.717) is 5.69 Å². The van der Waals surface area contributed by atoms with Gasteiger partial charge >= 0.3 is 0 Å². The summed E-state index contributed by atoms with van der Waals surface area (Å²) in [6.07, 6.45) is 3.18. The molecule has 1 fully saturated rings. The molecule has 2 heterocycles. The Morgan fingerprint density at radius 2 is 2.07 bits per heavy atom. The van der Waals surface area contributed by atoms with Crippen LogP contribution in [0.4, 0.5) is 11.5 Å². The van der Waals surface area contributed by atoms with Crippen LogP contribution in [-0.2, 0) is 0 Å². The number of anilines is 2. The summed E-state index contributed by atoms with van der Waals surface area (Å²) >= 11 is 0. The Kier molecular flexibility index (Phi) is 3.91. The molecule has 1 aliphatic rings. The summed E-state index contributed by atoms with van der Waals surface area (Å²) in [5.41, 5.74) is 6.42. The number of piperazine rings is 1. The monoisotopic (exact) mass is 215 g/mol. The molecule has 1 aromatic heterocycles.